The Hall–Kier alpha value is -2.65. The molecule has 0 amide bonds. The monoisotopic (exact) mass is 390 g/mol. The maximum Gasteiger partial charge on any atom is 0.270 e. The summed E-state index contributed by atoms with van der Waals surface area (Å²) in [5, 5.41) is 10.9. The lowest BCUT2D eigenvalue weighted by Gasteiger charge is -2.09. The highest BCUT2D eigenvalue weighted by molar-refractivity contribution is 8.01. The number of ether oxygens (including phenoxy) is 2. The molecule has 0 unspecified atom stereocenters. The highest BCUT2D eigenvalue weighted by Crippen LogP contribution is 2.33. The van der Waals surface area contributed by atoms with Gasteiger partial charge in [-0.1, -0.05) is 11.8 Å². The molecule has 0 aliphatic heterocycles. The summed E-state index contributed by atoms with van der Waals surface area (Å²) in [6.45, 7) is 0. The number of thiazole rings is 1. The average molecular weight is 390 g/mol. The number of benzene rings is 2. The number of rotatable bonds is 7. The molecule has 0 aliphatic rings. The van der Waals surface area contributed by atoms with Gasteiger partial charge >= 0.3 is 0 Å². The normalized spacial score (nSPS) is 10.7. The largest absolute Gasteiger partial charge is 0.497 e. The molecule has 0 aliphatic carbocycles. The molecule has 2 aromatic carbocycles. The number of nitrogens with zero attached hydrogens (tertiary/aromatic N) is 2. The van der Waals surface area contributed by atoms with Crippen molar-refractivity contribution < 1.29 is 19.2 Å². The van der Waals surface area contributed by atoms with Crippen LogP contribution in [0.4, 0.5) is 5.69 Å². The van der Waals surface area contributed by atoms with Crippen LogP contribution in [0.5, 0.6) is 11.5 Å². The van der Waals surface area contributed by atoms with Crippen molar-refractivity contribution in [2.45, 2.75) is 4.34 Å². The number of fused-ring (bicyclic) bond motifs is 1. The van der Waals surface area contributed by atoms with E-state index in [0.717, 1.165) is 0 Å². The number of nitro benzene ring substituents is 1. The molecule has 3 rings (SSSR count). The summed E-state index contributed by atoms with van der Waals surface area (Å²) >= 11 is 2.61. The number of hydrogen-bond donors (Lipinski definition) is 0. The highest BCUT2D eigenvalue weighted by Gasteiger charge is 2.16. The maximum absolute atomic E-state index is 12.6. The molecule has 0 fully saturated rings. The molecule has 0 saturated heterocycles. The fraction of sp³-hybridized carbons (Fsp3) is 0.176. The number of Topliss-reactive ketones (excluding diaryl/α,β-unsaturated/α-hetero) is 1. The molecule has 0 spiro atoms. The van der Waals surface area contributed by atoms with Crippen molar-refractivity contribution in [2.75, 3.05) is 20.0 Å². The quantitative estimate of drug-likeness (QED) is 0.258. The molecule has 0 saturated carbocycles. The van der Waals surface area contributed by atoms with Gasteiger partial charge in [0.25, 0.3) is 5.69 Å². The van der Waals surface area contributed by atoms with Gasteiger partial charge in [-0.05, 0) is 24.3 Å². The molecule has 0 bridgehead atoms. The summed E-state index contributed by atoms with van der Waals surface area (Å²) in [4.78, 5) is 27.4. The third-order valence-corrected chi connectivity index (χ3v) is 5.76. The molecule has 7 nitrogen and oxygen atoms in total. The van der Waals surface area contributed by atoms with Crippen molar-refractivity contribution >= 4 is 44.8 Å². The Morgan fingerprint density at radius 3 is 2.73 bits per heavy atom. The Bertz CT molecular complexity index is 986. The van der Waals surface area contributed by atoms with Crippen LogP contribution in [0.2, 0.25) is 0 Å². The summed E-state index contributed by atoms with van der Waals surface area (Å²) in [5.41, 5.74) is 1.14. The number of nitro groups is 1. The number of aromatic nitrogens is 1. The van der Waals surface area contributed by atoms with E-state index >= 15 is 0 Å². The van der Waals surface area contributed by atoms with Crippen LogP contribution in [0.15, 0.2) is 40.7 Å². The fourth-order valence-corrected chi connectivity index (χ4v) is 4.29. The molecule has 1 heterocycles. The first kappa shape index (κ1) is 18.2. The molecule has 1 aromatic heterocycles. The third-order valence-electron chi connectivity index (χ3n) is 3.60. The zero-order valence-electron chi connectivity index (χ0n) is 13.9. The van der Waals surface area contributed by atoms with Crippen molar-refractivity contribution in [2.24, 2.45) is 0 Å². The van der Waals surface area contributed by atoms with Crippen LogP contribution >= 0.6 is 23.1 Å². The van der Waals surface area contributed by atoms with E-state index in [0.29, 0.717) is 31.6 Å². The molecular formula is C17H14N2O5S2. The minimum Gasteiger partial charge on any atom is -0.497 e. The van der Waals surface area contributed by atoms with Gasteiger partial charge in [-0.15, -0.1) is 11.3 Å². The first-order chi connectivity index (χ1) is 12.5. The van der Waals surface area contributed by atoms with E-state index in [4.69, 9.17) is 9.47 Å². The second kappa shape index (κ2) is 7.71. The second-order valence-electron chi connectivity index (χ2n) is 5.17. The molecular weight excluding hydrogens is 376 g/mol. The Morgan fingerprint density at radius 2 is 2.04 bits per heavy atom. The summed E-state index contributed by atoms with van der Waals surface area (Å²) in [7, 11) is 3.04. The van der Waals surface area contributed by atoms with E-state index in [-0.39, 0.29) is 17.2 Å². The number of hydrogen-bond acceptors (Lipinski definition) is 8. The van der Waals surface area contributed by atoms with E-state index in [9.17, 15) is 14.9 Å². The van der Waals surface area contributed by atoms with Gasteiger partial charge in [-0.25, -0.2) is 4.98 Å². The number of thioether (sulfide) groups is 1. The predicted molar refractivity (Wildman–Crippen MR) is 101 cm³/mol. The maximum atomic E-state index is 12.6. The SMILES string of the molecule is COc1ccc(OC)c(C(=O)CSc2nc3ccc([N+](=O)[O-])cc3s2)c1. The first-order valence-electron chi connectivity index (χ1n) is 7.45. The van der Waals surface area contributed by atoms with Crippen LogP contribution in [-0.4, -0.2) is 35.7 Å². The van der Waals surface area contributed by atoms with Crippen molar-refractivity contribution in [1.82, 2.24) is 4.98 Å². The van der Waals surface area contributed by atoms with Gasteiger partial charge in [0.15, 0.2) is 10.1 Å². The second-order valence-corrected chi connectivity index (χ2v) is 7.42. The van der Waals surface area contributed by atoms with E-state index in [1.807, 2.05) is 0 Å². The van der Waals surface area contributed by atoms with Crippen LogP contribution < -0.4 is 9.47 Å². The van der Waals surface area contributed by atoms with E-state index in [1.165, 1.54) is 49.5 Å². The average Bonchev–Trinajstić information content (AvgIpc) is 3.07. The zero-order valence-corrected chi connectivity index (χ0v) is 15.6. The number of non-ortho nitro benzene ring substituents is 1. The Kier molecular flexibility index (Phi) is 5.38. The van der Waals surface area contributed by atoms with Gasteiger partial charge in [0.1, 0.15) is 11.5 Å². The number of ketones is 1. The smallest absolute Gasteiger partial charge is 0.270 e. The molecule has 9 heteroatoms. The van der Waals surface area contributed by atoms with Crippen molar-refractivity contribution in [3.63, 3.8) is 0 Å². The summed E-state index contributed by atoms with van der Waals surface area (Å²) in [6, 6.07) is 9.58. The summed E-state index contributed by atoms with van der Waals surface area (Å²) in [6.07, 6.45) is 0. The standard InChI is InChI=1S/C17H14N2O5S2/c1-23-11-4-6-15(24-2)12(8-11)14(20)9-25-17-18-13-5-3-10(19(21)22)7-16(13)26-17/h3-8H,9H2,1-2H3. The molecule has 26 heavy (non-hydrogen) atoms. The lowest BCUT2D eigenvalue weighted by molar-refractivity contribution is -0.384. The molecule has 134 valence electrons. The van der Waals surface area contributed by atoms with Gasteiger partial charge in [0, 0.05) is 12.1 Å². The Labute approximate surface area is 157 Å². The first-order valence-corrected chi connectivity index (χ1v) is 9.25. The van der Waals surface area contributed by atoms with Crippen LogP contribution in [-0.2, 0) is 0 Å². The van der Waals surface area contributed by atoms with Crippen LogP contribution in [0.1, 0.15) is 10.4 Å². The number of carbonyl (C=O) groups is 1. The molecule has 0 N–H and O–H groups in total. The van der Waals surface area contributed by atoms with E-state index < -0.39 is 4.92 Å². The minimum atomic E-state index is -0.440. The minimum absolute atomic E-state index is 0.0230. The Morgan fingerprint density at radius 1 is 1.23 bits per heavy atom. The van der Waals surface area contributed by atoms with Gasteiger partial charge in [-0.3, -0.25) is 14.9 Å². The highest BCUT2D eigenvalue weighted by atomic mass is 32.2. The fourth-order valence-electron chi connectivity index (χ4n) is 2.30. The predicted octanol–water partition coefficient (Wildman–Crippen LogP) is 4.20. The van der Waals surface area contributed by atoms with Gasteiger partial charge in [0.05, 0.1) is 40.7 Å². The lowest BCUT2D eigenvalue weighted by Crippen LogP contribution is -2.05. The molecule has 0 radical (unpaired) electrons. The van der Waals surface area contributed by atoms with Gasteiger partial charge in [0.2, 0.25) is 0 Å². The summed E-state index contributed by atoms with van der Waals surface area (Å²) < 4.78 is 11.8. The Balaban J connectivity index is 1.77. The van der Waals surface area contributed by atoms with Crippen LogP contribution in [0.3, 0.4) is 0 Å². The number of methoxy groups -OCH3 is 2. The molecule has 0 atom stereocenters. The topological polar surface area (TPSA) is 91.6 Å². The van der Waals surface area contributed by atoms with E-state index in [2.05, 4.69) is 4.98 Å². The van der Waals surface area contributed by atoms with Crippen LogP contribution in [0.25, 0.3) is 10.2 Å². The summed E-state index contributed by atoms with van der Waals surface area (Å²) in [5.74, 6) is 1.12. The van der Waals surface area contributed by atoms with E-state index in [1.54, 1.807) is 24.3 Å². The number of carbonyl (C=O) groups excluding carboxylic acids is 1. The van der Waals surface area contributed by atoms with Crippen molar-refractivity contribution in [3.05, 3.63) is 52.1 Å². The molecule has 3 aromatic rings. The van der Waals surface area contributed by atoms with Gasteiger partial charge in [-0.2, -0.15) is 0 Å². The van der Waals surface area contributed by atoms with Crippen molar-refractivity contribution in [1.29, 1.82) is 0 Å². The van der Waals surface area contributed by atoms with Gasteiger partial charge < -0.3 is 9.47 Å². The third kappa shape index (κ3) is 3.78. The van der Waals surface area contributed by atoms with Crippen LogP contribution in [0, 0.1) is 10.1 Å². The zero-order chi connectivity index (χ0) is 18.7. The van der Waals surface area contributed by atoms with Crippen molar-refractivity contribution in [3.8, 4) is 11.5 Å². The lowest BCUT2D eigenvalue weighted by atomic mass is 10.1.